The molecule has 0 amide bonds. The zero-order chi connectivity index (χ0) is 19.1. The number of rotatable bonds is 3. The highest BCUT2D eigenvalue weighted by Crippen LogP contribution is 2.42. The molecule has 0 bridgehead atoms. The van der Waals surface area contributed by atoms with E-state index in [2.05, 4.69) is 22.0 Å². The lowest BCUT2D eigenvalue weighted by molar-refractivity contribution is 0.187. The number of ether oxygens (including phenoxy) is 1. The number of halogens is 1. The number of fused-ring (bicyclic) bond motifs is 1. The van der Waals surface area contributed by atoms with Crippen molar-refractivity contribution in [3.05, 3.63) is 28.5 Å². The van der Waals surface area contributed by atoms with Crippen molar-refractivity contribution in [2.45, 2.75) is 57.7 Å². The van der Waals surface area contributed by atoms with Crippen LogP contribution in [0.2, 0.25) is 0 Å². The summed E-state index contributed by atoms with van der Waals surface area (Å²) in [5, 5.41) is 6.03. The summed E-state index contributed by atoms with van der Waals surface area (Å²) in [5.41, 5.74) is 7.14. The second-order valence-corrected chi connectivity index (χ2v) is 7.72. The monoisotopic (exact) mass is 376 g/mol. The molecular weight excluding hydrogens is 351 g/mol. The first kappa shape index (κ1) is 18.0. The second-order valence-electron chi connectivity index (χ2n) is 7.72. The first-order valence-corrected chi connectivity index (χ1v) is 9.50. The van der Waals surface area contributed by atoms with E-state index in [-0.39, 0.29) is 29.8 Å². The van der Waals surface area contributed by atoms with Gasteiger partial charge in [-0.05, 0) is 57.6 Å². The number of anilines is 1. The van der Waals surface area contributed by atoms with Crippen molar-refractivity contribution < 1.29 is 13.5 Å². The molecular formula is C19H25FN4O3. The summed E-state index contributed by atoms with van der Waals surface area (Å²) in [7, 11) is 0. The lowest BCUT2D eigenvalue weighted by Crippen LogP contribution is -2.48. The Morgan fingerprint density at radius 2 is 2.07 bits per heavy atom. The molecule has 8 heteroatoms. The van der Waals surface area contributed by atoms with E-state index >= 15 is 0 Å². The maximum Gasteiger partial charge on any atom is 0.434 e. The number of hydrogen-bond donors (Lipinski definition) is 2. The summed E-state index contributed by atoms with van der Waals surface area (Å²) < 4.78 is 25.6. The maximum atomic E-state index is 14.8. The predicted molar refractivity (Wildman–Crippen MR) is 99.3 cm³/mol. The van der Waals surface area contributed by atoms with Crippen LogP contribution in [0.5, 0.6) is 5.75 Å². The molecule has 2 atom stereocenters. The molecule has 1 aromatic carbocycles. The van der Waals surface area contributed by atoms with Crippen LogP contribution < -0.4 is 21.1 Å². The van der Waals surface area contributed by atoms with Crippen LogP contribution >= 0.6 is 0 Å². The van der Waals surface area contributed by atoms with Crippen LogP contribution in [0.1, 0.15) is 39.5 Å². The number of nitrogens with one attached hydrogen (secondary N) is 1. The van der Waals surface area contributed by atoms with Gasteiger partial charge in [-0.2, -0.15) is 0 Å². The van der Waals surface area contributed by atoms with Gasteiger partial charge in [0.05, 0.1) is 12.2 Å². The van der Waals surface area contributed by atoms with Crippen molar-refractivity contribution in [3.63, 3.8) is 0 Å². The van der Waals surface area contributed by atoms with E-state index in [0.29, 0.717) is 23.7 Å². The van der Waals surface area contributed by atoms with Crippen LogP contribution in [0.4, 0.5) is 10.1 Å². The van der Waals surface area contributed by atoms with Crippen LogP contribution in [0.3, 0.4) is 0 Å². The lowest BCUT2D eigenvalue weighted by Gasteiger charge is -2.43. The number of nitrogens with two attached hydrogens (primary N) is 1. The highest BCUT2D eigenvalue weighted by atomic mass is 19.1. The molecule has 0 spiro atoms. The van der Waals surface area contributed by atoms with Gasteiger partial charge >= 0.3 is 5.76 Å². The fourth-order valence-electron chi connectivity index (χ4n) is 4.27. The normalized spacial score (nSPS) is 26.4. The lowest BCUT2D eigenvalue weighted by atomic mass is 9.81. The molecule has 2 aliphatic rings. The number of benzene rings is 1. The molecule has 0 unspecified atom stereocenters. The minimum atomic E-state index is -0.670. The van der Waals surface area contributed by atoms with E-state index in [1.54, 1.807) is 6.07 Å². The van der Waals surface area contributed by atoms with E-state index < -0.39 is 11.6 Å². The fraction of sp³-hybridized carbons (Fsp3) is 0.579. The molecule has 2 aromatic rings. The predicted octanol–water partition coefficient (Wildman–Crippen LogP) is 2.66. The number of hydrogen-bond acceptors (Lipinski definition) is 6. The Morgan fingerprint density at radius 1 is 1.33 bits per heavy atom. The summed E-state index contributed by atoms with van der Waals surface area (Å²) in [6.07, 6.45) is 4.07. The van der Waals surface area contributed by atoms with E-state index in [1.807, 2.05) is 6.92 Å². The third-order valence-corrected chi connectivity index (χ3v) is 5.78. The smallest absolute Gasteiger partial charge is 0.434 e. The zero-order valence-electron chi connectivity index (χ0n) is 15.6. The number of aromatic nitrogens is 2. The van der Waals surface area contributed by atoms with Crippen LogP contribution in [-0.2, 0) is 0 Å². The van der Waals surface area contributed by atoms with Crippen molar-refractivity contribution in [1.29, 1.82) is 0 Å². The molecule has 1 saturated carbocycles. The molecule has 0 saturated heterocycles. The minimum absolute atomic E-state index is 0.0663. The quantitative estimate of drug-likeness (QED) is 0.855. The third-order valence-electron chi connectivity index (χ3n) is 5.78. The van der Waals surface area contributed by atoms with E-state index in [1.165, 1.54) is 6.07 Å². The molecule has 0 radical (unpaired) electrons. The van der Waals surface area contributed by atoms with Crippen LogP contribution in [0.25, 0.3) is 11.5 Å². The Balaban J connectivity index is 1.71. The maximum absolute atomic E-state index is 14.8. The van der Waals surface area contributed by atoms with Gasteiger partial charge in [-0.25, -0.2) is 14.3 Å². The van der Waals surface area contributed by atoms with Gasteiger partial charge in [0.1, 0.15) is 6.10 Å². The van der Waals surface area contributed by atoms with Gasteiger partial charge in [0.25, 0.3) is 0 Å². The van der Waals surface area contributed by atoms with E-state index in [0.717, 1.165) is 25.7 Å². The number of aromatic amines is 1. The number of nitrogens with zero attached hydrogens (tertiary/aromatic N) is 2. The Labute approximate surface area is 156 Å². The average Bonchev–Trinajstić information content (AvgIpc) is 3.08. The van der Waals surface area contributed by atoms with Gasteiger partial charge in [0.2, 0.25) is 5.89 Å². The summed E-state index contributed by atoms with van der Waals surface area (Å²) in [5.74, 6) is -0.344. The largest absolute Gasteiger partial charge is 0.484 e. The van der Waals surface area contributed by atoms with Gasteiger partial charge in [-0.3, -0.25) is 0 Å². The first-order valence-electron chi connectivity index (χ1n) is 9.50. The Bertz CT molecular complexity index is 872. The van der Waals surface area contributed by atoms with E-state index in [9.17, 15) is 9.18 Å². The zero-order valence-corrected chi connectivity index (χ0v) is 15.6. The van der Waals surface area contributed by atoms with Crippen molar-refractivity contribution in [3.8, 4) is 17.2 Å². The molecule has 1 aliphatic carbocycles. The van der Waals surface area contributed by atoms with E-state index in [4.69, 9.17) is 14.9 Å². The van der Waals surface area contributed by atoms with Crippen LogP contribution in [0.15, 0.2) is 21.3 Å². The standard InChI is InChI=1S/C19H25FN4O3/c1-10-9-24(11(2)12-3-5-14(21)6-4-12)16-8-13(7-15(20)17(16)26-10)18-22-23-19(25)27-18/h7-8,10-12,14H,3-6,9,21H2,1-2H3,(H,23,25)/t10-,11+,12?,14?/m1/s1. The Hall–Kier alpha value is -2.35. The highest BCUT2D eigenvalue weighted by Gasteiger charge is 2.34. The van der Waals surface area contributed by atoms with Gasteiger partial charge < -0.3 is 19.8 Å². The molecule has 3 N–H and O–H groups in total. The van der Waals surface area contributed by atoms with Crippen molar-refractivity contribution >= 4 is 5.69 Å². The summed E-state index contributed by atoms with van der Waals surface area (Å²) in [4.78, 5) is 13.5. The molecule has 27 heavy (non-hydrogen) atoms. The number of H-pyrrole nitrogens is 1. The minimum Gasteiger partial charge on any atom is -0.484 e. The molecule has 1 fully saturated rings. The summed E-state index contributed by atoms with van der Waals surface area (Å²) >= 11 is 0. The van der Waals surface area contributed by atoms with Crippen LogP contribution in [-0.4, -0.2) is 34.9 Å². The Kier molecular flexibility index (Phi) is 4.67. The first-order chi connectivity index (χ1) is 12.9. The molecule has 146 valence electrons. The van der Waals surface area contributed by atoms with Crippen LogP contribution in [0, 0.1) is 11.7 Å². The summed E-state index contributed by atoms with van der Waals surface area (Å²) in [6, 6.07) is 3.59. The van der Waals surface area contributed by atoms with Gasteiger partial charge in [0.15, 0.2) is 11.6 Å². The molecule has 2 heterocycles. The molecule has 1 aliphatic heterocycles. The summed E-state index contributed by atoms with van der Waals surface area (Å²) in [6.45, 7) is 4.80. The highest BCUT2D eigenvalue weighted by molar-refractivity contribution is 5.70. The second kappa shape index (κ2) is 6.99. The van der Waals surface area contributed by atoms with Gasteiger partial charge in [-0.1, -0.05) is 0 Å². The third kappa shape index (κ3) is 3.45. The molecule has 4 rings (SSSR count). The van der Waals surface area contributed by atoms with Crippen molar-refractivity contribution in [2.75, 3.05) is 11.4 Å². The molecule has 1 aromatic heterocycles. The molecule has 7 nitrogen and oxygen atoms in total. The SMILES string of the molecule is C[C@@H]1CN([C@@H](C)C2CCC(N)CC2)c2cc(-c3n[nH]c(=O)o3)cc(F)c2O1. The van der Waals surface area contributed by atoms with Gasteiger partial charge in [0, 0.05) is 17.6 Å². The van der Waals surface area contributed by atoms with Crippen molar-refractivity contribution in [2.24, 2.45) is 11.7 Å². The topological polar surface area (TPSA) is 97.4 Å². The van der Waals surface area contributed by atoms with Gasteiger partial charge in [-0.15, -0.1) is 5.10 Å². The Morgan fingerprint density at radius 3 is 2.74 bits per heavy atom. The average molecular weight is 376 g/mol. The fourth-order valence-corrected chi connectivity index (χ4v) is 4.27. The van der Waals surface area contributed by atoms with Crippen molar-refractivity contribution in [1.82, 2.24) is 10.2 Å².